The molecule has 0 saturated heterocycles. The molecule has 2 rings (SSSR count). The van der Waals surface area contributed by atoms with Crippen LogP contribution in [0.1, 0.15) is 27.0 Å². The smallest absolute Gasteiger partial charge is 0.335 e. The zero-order chi connectivity index (χ0) is 15.4. The first-order chi connectivity index (χ1) is 10.0. The number of hydrogen-bond acceptors (Lipinski definition) is 3. The lowest BCUT2D eigenvalue weighted by Gasteiger charge is -2.13. The molecular formula is C17H18O4. The fourth-order valence-corrected chi connectivity index (χ4v) is 2.14. The standard InChI is InChI=1S/C17H18O4/c1-11-4-6-15(12(2)8-11)21-10-14-9-13(17(18)19)5-7-16(14)20-3/h4-9H,10H2,1-3H3,(H,18,19). The molecule has 0 unspecified atom stereocenters. The Kier molecular flexibility index (Phi) is 4.48. The quantitative estimate of drug-likeness (QED) is 0.912. The molecule has 0 saturated carbocycles. The van der Waals surface area contributed by atoms with Gasteiger partial charge in [-0.3, -0.25) is 0 Å². The van der Waals surface area contributed by atoms with Crippen molar-refractivity contribution in [3.05, 3.63) is 58.7 Å². The molecule has 0 bridgehead atoms. The Morgan fingerprint density at radius 3 is 2.43 bits per heavy atom. The Morgan fingerprint density at radius 1 is 1.10 bits per heavy atom. The summed E-state index contributed by atoms with van der Waals surface area (Å²) in [6.07, 6.45) is 0. The number of ether oxygens (including phenoxy) is 2. The number of benzene rings is 2. The van der Waals surface area contributed by atoms with E-state index >= 15 is 0 Å². The van der Waals surface area contributed by atoms with Crippen LogP contribution in [-0.4, -0.2) is 18.2 Å². The number of rotatable bonds is 5. The number of hydrogen-bond donors (Lipinski definition) is 1. The molecule has 0 radical (unpaired) electrons. The summed E-state index contributed by atoms with van der Waals surface area (Å²) in [5, 5.41) is 9.05. The number of carboxylic acids is 1. The van der Waals surface area contributed by atoms with Gasteiger partial charge < -0.3 is 14.6 Å². The third kappa shape index (κ3) is 3.54. The lowest BCUT2D eigenvalue weighted by Crippen LogP contribution is -2.03. The van der Waals surface area contributed by atoms with E-state index in [0.29, 0.717) is 11.3 Å². The summed E-state index contributed by atoms with van der Waals surface area (Å²) >= 11 is 0. The summed E-state index contributed by atoms with van der Waals surface area (Å²) in [5.74, 6) is 0.429. The second-order valence-electron chi connectivity index (χ2n) is 4.89. The second-order valence-corrected chi connectivity index (χ2v) is 4.89. The molecule has 0 aliphatic carbocycles. The summed E-state index contributed by atoms with van der Waals surface area (Å²) in [4.78, 5) is 11.0. The van der Waals surface area contributed by atoms with Gasteiger partial charge in [-0.15, -0.1) is 0 Å². The fraction of sp³-hybridized carbons (Fsp3) is 0.235. The highest BCUT2D eigenvalue weighted by Crippen LogP contribution is 2.24. The van der Waals surface area contributed by atoms with Crippen molar-refractivity contribution < 1.29 is 19.4 Å². The fourth-order valence-electron chi connectivity index (χ4n) is 2.14. The van der Waals surface area contributed by atoms with Crippen LogP contribution < -0.4 is 9.47 Å². The Bertz CT molecular complexity index is 662. The van der Waals surface area contributed by atoms with Crippen LogP contribution in [0, 0.1) is 13.8 Å². The lowest BCUT2D eigenvalue weighted by atomic mass is 10.1. The van der Waals surface area contributed by atoms with Gasteiger partial charge in [0, 0.05) is 5.56 Å². The predicted molar refractivity (Wildman–Crippen MR) is 80.2 cm³/mol. The molecule has 0 heterocycles. The monoisotopic (exact) mass is 286 g/mol. The van der Waals surface area contributed by atoms with Crippen LogP contribution in [0.25, 0.3) is 0 Å². The lowest BCUT2D eigenvalue weighted by molar-refractivity contribution is 0.0696. The SMILES string of the molecule is COc1ccc(C(=O)O)cc1COc1ccc(C)cc1C. The van der Waals surface area contributed by atoms with Crippen LogP contribution in [0.15, 0.2) is 36.4 Å². The van der Waals surface area contributed by atoms with Crippen LogP contribution in [0.5, 0.6) is 11.5 Å². The minimum absolute atomic E-state index is 0.218. The van der Waals surface area contributed by atoms with Crippen molar-refractivity contribution in [3.8, 4) is 11.5 Å². The zero-order valence-corrected chi connectivity index (χ0v) is 12.3. The van der Waals surface area contributed by atoms with Gasteiger partial charge in [0.25, 0.3) is 0 Å². The van der Waals surface area contributed by atoms with Gasteiger partial charge in [0.05, 0.1) is 12.7 Å². The van der Waals surface area contributed by atoms with Crippen LogP contribution in [0.2, 0.25) is 0 Å². The highest BCUT2D eigenvalue weighted by atomic mass is 16.5. The van der Waals surface area contributed by atoms with Crippen LogP contribution in [0.3, 0.4) is 0 Å². The molecule has 21 heavy (non-hydrogen) atoms. The molecule has 1 N–H and O–H groups in total. The average molecular weight is 286 g/mol. The number of methoxy groups -OCH3 is 1. The van der Waals surface area contributed by atoms with Crippen LogP contribution >= 0.6 is 0 Å². The largest absolute Gasteiger partial charge is 0.496 e. The minimum atomic E-state index is -0.967. The predicted octanol–water partition coefficient (Wildman–Crippen LogP) is 3.59. The molecule has 0 aromatic heterocycles. The highest BCUT2D eigenvalue weighted by Gasteiger charge is 2.10. The van der Waals surface area contributed by atoms with E-state index < -0.39 is 5.97 Å². The van der Waals surface area contributed by atoms with Gasteiger partial charge >= 0.3 is 5.97 Å². The summed E-state index contributed by atoms with van der Waals surface area (Å²) in [7, 11) is 1.55. The topological polar surface area (TPSA) is 55.8 Å². The Hall–Kier alpha value is -2.49. The number of carboxylic acid groups (broad SMARTS) is 1. The molecule has 110 valence electrons. The molecule has 0 aliphatic heterocycles. The van der Waals surface area contributed by atoms with Gasteiger partial charge in [0.2, 0.25) is 0 Å². The van der Waals surface area contributed by atoms with E-state index in [1.54, 1.807) is 19.2 Å². The van der Waals surface area contributed by atoms with Crippen LogP contribution in [-0.2, 0) is 6.61 Å². The van der Waals surface area contributed by atoms with Gasteiger partial charge in [-0.05, 0) is 43.7 Å². The first-order valence-corrected chi connectivity index (χ1v) is 6.61. The molecule has 4 heteroatoms. The van der Waals surface area contributed by atoms with Crippen molar-refractivity contribution in [1.82, 2.24) is 0 Å². The van der Waals surface area contributed by atoms with Crippen LogP contribution in [0.4, 0.5) is 0 Å². The maximum absolute atomic E-state index is 11.0. The van der Waals surface area contributed by atoms with E-state index in [2.05, 4.69) is 0 Å². The Balaban J connectivity index is 2.22. The first kappa shape index (κ1) is 14.9. The highest BCUT2D eigenvalue weighted by molar-refractivity contribution is 5.88. The van der Waals surface area contributed by atoms with Crippen molar-refractivity contribution in [2.75, 3.05) is 7.11 Å². The Labute approximate surface area is 123 Å². The third-order valence-electron chi connectivity index (χ3n) is 3.24. The van der Waals surface area contributed by atoms with E-state index in [0.717, 1.165) is 11.3 Å². The molecule has 0 fully saturated rings. The average Bonchev–Trinajstić information content (AvgIpc) is 2.46. The summed E-state index contributed by atoms with van der Waals surface area (Å²) < 4.78 is 11.0. The van der Waals surface area contributed by atoms with E-state index in [-0.39, 0.29) is 12.2 Å². The second kappa shape index (κ2) is 6.31. The Morgan fingerprint density at radius 2 is 1.81 bits per heavy atom. The third-order valence-corrected chi connectivity index (χ3v) is 3.24. The van der Waals surface area contributed by atoms with Crippen molar-refractivity contribution >= 4 is 5.97 Å². The molecule has 0 aliphatic rings. The molecule has 2 aromatic rings. The van der Waals surface area contributed by atoms with Gasteiger partial charge in [0.1, 0.15) is 18.1 Å². The van der Waals surface area contributed by atoms with Gasteiger partial charge in [-0.1, -0.05) is 17.7 Å². The number of carbonyl (C=O) groups is 1. The van der Waals surface area contributed by atoms with Crippen molar-refractivity contribution in [3.63, 3.8) is 0 Å². The van der Waals surface area contributed by atoms with Gasteiger partial charge in [-0.25, -0.2) is 4.79 Å². The maximum Gasteiger partial charge on any atom is 0.335 e. The van der Waals surface area contributed by atoms with Gasteiger partial charge in [0.15, 0.2) is 0 Å². The first-order valence-electron chi connectivity index (χ1n) is 6.61. The molecular weight excluding hydrogens is 268 g/mol. The maximum atomic E-state index is 11.0. The minimum Gasteiger partial charge on any atom is -0.496 e. The molecule has 0 spiro atoms. The number of aryl methyl sites for hydroxylation is 2. The van der Waals surface area contributed by atoms with E-state index in [1.165, 1.54) is 11.6 Å². The van der Waals surface area contributed by atoms with E-state index in [1.807, 2.05) is 32.0 Å². The van der Waals surface area contributed by atoms with Gasteiger partial charge in [-0.2, -0.15) is 0 Å². The van der Waals surface area contributed by atoms with Crippen molar-refractivity contribution in [2.24, 2.45) is 0 Å². The van der Waals surface area contributed by atoms with E-state index in [9.17, 15) is 4.79 Å². The number of aromatic carboxylic acids is 1. The molecule has 2 aromatic carbocycles. The molecule has 0 atom stereocenters. The molecule has 4 nitrogen and oxygen atoms in total. The normalized spacial score (nSPS) is 10.2. The summed E-state index contributed by atoms with van der Waals surface area (Å²) in [5.41, 5.74) is 3.14. The summed E-state index contributed by atoms with van der Waals surface area (Å²) in [6.45, 7) is 4.26. The van der Waals surface area contributed by atoms with Crippen molar-refractivity contribution in [2.45, 2.75) is 20.5 Å². The summed E-state index contributed by atoms with van der Waals surface area (Å²) in [6, 6.07) is 10.7. The van der Waals surface area contributed by atoms with Crippen molar-refractivity contribution in [1.29, 1.82) is 0 Å². The zero-order valence-electron chi connectivity index (χ0n) is 12.3. The molecule has 0 amide bonds. The van der Waals surface area contributed by atoms with E-state index in [4.69, 9.17) is 14.6 Å².